The average molecular weight is 417 g/mol. The van der Waals surface area contributed by atoms with Gasteiger partial charge in [0.05, 0.1) is 0 Å². The largest absolute Gasteiger partial charge is 0.481 e. The van der Waals surface area contributed by atoms with Gasteiger partial charge in [0.25, 0.3) is 0 Å². The van der Waals surface area contributed by atoms with E-state index >= 15 is 0 Å². The summed E-state index contributed by atoms with van der Waals surface area (Å²) >= 11 is 0. The Balaban J connectivity index is 0. The number of aliphatic hydroxyl groups excluding tert-OH is 1. The van der Waals surface area contributed by atoms with Crippen LogP contribution in [-0.4, -0.2) is 33.9 Å². The molecule has 0 fully saturated rings. The Morgan fingerprint density at radius 2 is 0.759 bits per heavy atom. The fourth-order valence-electron chi connectivity index (χ4n) is 3.21. The van der Waals surface area contributed by atoms with Gasteiger partial charge in [0.2, 0.25) is 0 Å². The van der Waals surface area contributed by atoms with Gasteiger partial charge in [0.1, 0.15) is 0 Å². The van der Waals surface area contributed by atoms with Crippen LogP contribution in [0.2, 0.25) is 0 Å². The molecule has 0 aromatic carbocycles. The van der Waals surface area contributed by atoms with E-state index in [4.69, 9.17) is 15.3 Å². The van der Waals surface area contributed by atoms with Crippen molar-refractivity contribution in [2.45, 2.75) is 135 Å². The van der Waals surface area contributed by atoms with Crippen LogP contribution in [-0.2, 0) is 9.59 Å². The van der Waals surface area contributed by atoms with Gasteiger partial charge < -0.3 is 15.3 Å². The van der Waals surface area contributed by atoms with Gasteiger partial charge in [-0.25, -0.2) is 0 Å². The summed E-state index contributed by atoms with van der Waals surface area (Å²) in [5, 5.41) is 25.4. The number of carboxylic acids is 2. The van der Waals surface area contributed by atoms with Crippen LogP contribution in [0.1, 0.15) is 135 Å². The van der Waals surface area contributed by atoms with Crippen LogP contribution in [0.4, 0.5) is 0 Å². The molecule has 5 heteroatoms. The molecule has 0 saturated carbocycles. The Kier molecular flexibility index (Phi) is 27.9. The second-order valence-corrected chi connectivity index (χ2v) is 8.02. The van der Waals surface area contributed by atoms with Crippen LogP contribution in [0, 0.1) is 0 Å². The second-order valence-electron chi connectivity index (χ2n) is 8.02. The van der Waals surface area contributed by atoms with E-state index in [1.165, 1.54) is 57.8 Å². The summed E-state index contributed by atoms with van der Waals surface area (Å²) < 4.78 is 0. The Bertz CT molecular complexity index is 312. The first-order valence-electron chi connectivity index (χ1n) is 12.1. The van der Waals surface area contributed by atoms with Crippen LogP contribution in [0.25, 0.3) is 0 Å². The second kappa shape index (κ2) is 26.9. The Hall–Kier alpha value is -1.10. The predicted molar refractivity (Wildman–Crippen MR) is 120 cm³/mol. The van der Waals surface area contributed by atoms with Crippen LogP contribution in [0.5, 0.6) is 0 Å². The number of hydrogen-bond donors (Lipinski definition) is 3. The first-order valence-corrected chi connectivity index (χ1v) is 12.1. The highest BCUT2D eigenvalue weighted by molar-refractivity contribution is 5.66. The van der Waals surface area contributed by atoms with E-state index in [9.17, 15) is 9.59 Å². The Morgan fingerprint density at radius 1 is 0.483 bits per heavy atom. The molecule has 0 saturated heterocycles. The number of carbonyl (C=O) groups is 2. The van der Waals surface area contributed by atoms with Crippen LogP contribution >= 0.6 is 0 Å². The molecule has 0 unspecified atom stereocenters. The number of hydrogen-bond acceptors (Lipinski definition) is 3. The third-order valence-corrected chi connectivity index (χ3v) is 5.04. The normalized spacial score (nSPS) is 10.4. The molecule has 0 bridgehead atoms. The number of aliphatic carboxylic acids is 2. The van der Waals surface area contributed by atoms with Gasteiger partial charge in [-0.05, 0) is 19.3 Å². The lowest BCUT2D eigenvalue weighted by molar-refractivity contribution is -0.138. The lowest BCUT2D eigenvalue weighted by atomic mass is 10.1. The zero-order chi connectivity index (χ0) is 22.0. The van der Waals surface area contributed by atoms with Crippen LogP contribution in [0.3, 0.4) is 0 Å². The molecular weight excluding hydrogens is 368 g/mol. The predicted octanol–water partition coefficient (Wildman–Crippen LogP) is 6.96. The number of rotatable bonds is 21. The fourth-order valence-corrected chi connectivity index (χ4v) is 3.21. The number of aliphatic hydroxyl groups is 1. The summed E-state index contributed by atoms with van der Waals surface area (Å²) in [7, 11) is 0. The van der Waals surface area contributed by atoms with Crippen molar-refractivity contribution < 1.29 is 24.9 Å². The highest BCUT2D eigenvalue weighted by Crippen LogP contribution is 2.11. The lowest BCUT2D eigenvalue weighted by Gasteiger charge is -2.00. The molecule has 174 valence electrons. The maximum Gasteiger partial charge on any atom is 0.303 e. The summed E-state index contributed by atoms with van der Waals surface area (Å²) in [5.74, 6) is -1.43. The summed E-state index contributed by atoms with van der Waals surface area (Å²) in [6.07, 6.45) is 21.8. The molecule has 0 aliphatic heterocycles. The van der Waals surface area contributed by atoms with E-state index < -0.39 is 11.9 Å². The molecule has 0 rings (SSSR count). The van der Waals surface area contributed by atoms with Gasteiger partial charge in [-0.3, -0.25) is 9.59 Å². The first-order chi connectivity index (χ1) is 14.0. The molecule has 0 aromatic rings. The minimum atomic E-state index is -0.714. The van der Waals surface area contributed by atoms with Crippen molar-refractivity contribution in [3.05, 3.63) is 0 Å². The molecule has 3 N–H and O–H groups in total. The van der Waals surface area contributed by atoms with Gasteiger partial charge in [-0.2, -0.15) is 0 Å². The zero-order valence-corrected chi connectivity index (χ0v) is 19.0. The Morgan fingerprint density at radius 3 is 1.03 bits per heavy atom. The highest BCUT2D eigenvalue weighted by atomic mass is 16.4. The quantitative estimate of drug-likeness (QED) is 0.176. The summed E-state index contributed by atoms with van der Waals surface area (Å²) in [6, 6.07) is 0. The van der Waals surface area contributed by atoms with E-state index in [1.54, 1.807) is 0 Å². The summed E-state index contributed by atoms with van der Waals surface area (Å²) in [6.45, 7) is 2.63. The van der Waals surface area contributed by atoms with E-state index in [0.717, 1.165) is 57.8 Å². The fraction of sp³-hybridized carbons (Fsp3) is 0.917. The standard InChI is InChI=1S/C12H22O4.C12H26O/c13-11(14)9-7-5-3-1-2-4-6-8-10-12(15)16;1-2-3-4-5-6-7-8-9-10-11-12-13/h1-10H2,(H,13,14)(H,15,16);13H,2-12H2,1H3. The van der Waals surface area contributed by atoms with Crippen LogP contribution in [0.15, 0.2) is 0 Å². The van der Waals surface area contributed by atoms with Crippen molar-refractivity contribution in [1.29, 1.82) is 0 Å². The first kappa shape index (κ1) is 30.1. The molecule has 0 aliphatic rings. The van der Waals surface area contributed by atoms with E-state index in [0.29, 0.717) is 6.61 Å². The smallest absolute Gasteiger partial charge is 0.303 e. The molecule has 0 atom stereocenters. The maximum atomic E-state index is 10.2. The van der Waals surface area contributed by atoms with Gasteiger partial charge >= 0.3 is 11.9 Å². The molecule has 0 aromatic heterocycles. The molecule has 0 amide bonds. The summed E-state index contributed by atoms with van der Waals surface area (Å²) in [5.41, 5.74) is 0. The third-order valence-electron chi connectivity index (χ3n) is 5.04. The molecule has 29 heavy (non-hydrogen) atoms. The van der Waals surface area contributed by atoms with Gasteiger partial charge in [-0.1, -0.05) is 103 Å². The maximum absolute atomic E-state index is 10.2. The molecular formula is C24H48O5. The topological polar surface area (TPSA) is 94.8 Å². The van der Waals surface area contributed by atoms with Crippen molar-refractivity contribution in [3.8, 4) is 0 Å². The lowest BCUT2D eigenvalue weighted by Crippen LogP contribution is -1.94. The third kappa shape index (κ3) is 34.8. The van der Waals surface area contributed by atoms with Crippen molar-refractivity contribution in [2.75, 3.05) is 6.61 Å². The minimum absolute atomic E-state index is 0.276. The monoisotopic (exact) mass is 416 g/mol. The van der Waals surface area contributed by atoms with Crippen molar-refractivity contribution in [1.82, 2.24) is 0 Å². The van der Waals surface area contributed by atoms with Crippen molar-refractivity contribution in [2.24, 2.45) is 0 Å². The average Bonchev–Trinajstić information content (AvgIpc) is 2.68. The Labute approximate surface area is 179 Å². The van der Waals surface area contributed by atoms with Gasteiger partial charge in [0.15, 0.2) is 0 Å². The molecule has 0 aliphatic carbocycles. The molecule has 0 radical (unpaired) electrons. The highest BCUT2D eigenvalue weighted by Gasteiger charge is 1.98. The minimum Gasteiger partial charge on any atom is -0.481 e. The van der Waals surface area contributed by atoms with E-state index in [-0.39, 0.29) is 12.8 Å². The number of carboxylic acid groups (broad SMARTS) is 2. The summed E-state index contributed by atoms with van der Waals surface area (Å²) in [4.78, 5) is 20.4. The van der Waals surface area contributed by atoms with Crippen molar-refractivity contribution in [3.63, 3.8) is 0 Å². The van der Waals surface area contributed by atoms with E-state index in [1.807, 2.05) is 0 Å². The SMILES string of the molecule is CCCCCCCCCCCCO.O=C(O)CCCCCCCCCCC(=O)O. The van der Waals surface area contributed by atoms with Crippen LogP contribution < -0.4 is 0 Å². The number of unbranched alkanes of at least 4 members (excludes halogenated alkanes) is 16. The molecule has 0 heterocycles. The molecule has 0 spiro atoms. The molecule has 5 nitrogen and oxygen atoms in total. The van der Waals surface area contributed by atoms with Gasteiger partial charge in [0, 0.05) is 19.4 Å². The van der Waals surface area contributed by atoms with E-state index in [2.05, 4.69) is 6.92 Å². The van der Waals surface area contributed by atoms with Crippen molar-refractivity contribution >= 4 is 11.9 Å². The zero-order valence-electron chi connectivity index (χ0n) is 19.0. The van der Waals surface area contributed by atoms with Gasteiger partial charge in [-0.15, -0.1) is 0 Å².